The van der Waals surface area contributed by atoms with Crippen molar-refractivity contribution in [2.24, 2.45) is 0 Å². The van der Waals surface area contributed by atoms with Crippen LogP contribution in [0.3, 0.4) is 0 Å². The van der Waals surface area contributed by atoms with Crippen molar-refractivity contribution in [2.75, 3.05) is 0 Å². The van der Waals surface area contributed by atoms with Gasteiger partial charge in [0.2, 0.25) is 0 Å². The Morgan fingerprint density at radius 3 is 1.50 bits per heavy atom. The largest absolute Gasteiger partial charge is 1.00 e. The zero-order chi connectivity index (χ0) is 2.71. The fourth-order valence-electron chi connectivity index (χ4n) is 0. The van der Waals surface area contributed by atoms with Gasteiger partial charge in [0, 0.05) is 0 Å². The standard InChI is InChI=1S/2BrH.Cd.Cs.H/h2*1H;;;/q;;+2;+1;-1/p-2. The monoisotopic (exact) mass is 406 g/mol. The van der Waals surface area contributed by atoms with E-state index in [1.165, 1.54) is 0 Å². The number of rotatable bonds is 0. The first-order chi connectivity index (χ1) is 1.41. The molecule has 0 rings (SSSR count). The summed E-state index contributed by atoms with van der Waals surface area (Å²) < 4.78 is 0. The van der Waals surface area contributed by atoms with Crippen LogP contribution in [-0.4, -0.2) is 0 Å². The molecule has 0 nitrogen and oxygen atoms in total. The van der Waals surface area contributed by atoms with Gasteiger partial charge in [0.25, 0.3) is 0 Å². The van der Waals surface area contributed by atoms with E-state index in [1.807, 2.05) is 0 Å². The molecule has 0 unspecified atom stereocenters. The molecule has 0 aromatic rings. The first-order valence-electron chi connectivity index (χ1n) is 0.535. The number of hydrogen-bond donors (Lipinski definition) is 0. The Morgan fingerprint density at radius 2 is 1.50 bits per heavy atom. The second-order valence-corrected chi connectivity index (χ2v) is 18.3. The molecule has 0 radical (unpaired) electrons. The molecule has 0 saturated heterocycles. The Kier molecular flexibility index (Phi) is 27.2. The summed E-state index contributed by atoms with van der Waals surface area (Å²) in [4.78, 5) is 0. The van der Waals surface area contributed by atoms with E-state index in [-0.39, 0.29) is 89.7 Å². The van der Waals surface area contributed by atoms with Crippen molar-refractivity contribution < 1.29 is 89.7 Å². The normalized spacial score (nSPS) is 2.50. The molecule has 0 aromatic carbocycles. The molecule has 0 saturated carbocycles. The maximum atomic E-state index is 3.27. The quantitative estimate of drug-likeness (QED) is 0.444. The van der Waals surface area contributed by atoms with Gasteiger partial charge in [-0.05, 0) is 0 Å². The second-order valence-electron chi connectivity index (χ2n) is 0.101. The topological polar surface area (TPSA) is 0 Å². The van der Waals surface area contributed by atoms with Crippen molar-refractivity contribution in [1.82, 2.24) is 0 Å². The summed E-state index contributed by atoms with van der Waals surface area (Å²) in [6.07, 6.45) is 0. The van der Waals surface area contributed by atoms with Crippen LogP contribution >= 0.6 is 24.0 Å². The minimum absolute atomic E-state index is 0. The fraction of sp³-hybridized carbons (Fsp3) is 0. The van der Waals surface area contributed by atoms with Crippen LogP contribution in [0.15, 0.2) is 0 Å². The molecule has 4 heavy (non-hydrogen) atoms. The third kappa shape index (κ3) is 9.33. The van der Waals surface area contributed by atoms with Gasteiger partial charge in [-0.3, -0.25) is 0 Å². The van der Waals surface area contributed by atoms with Gasteiger partial charge in [0.05, 0.1) is 0 Å². The Labute approximate surface area is 110 Å². The molecular formula is HBr2CdCs. The van der Waals surface area contributed by atoms with E-state index in [9.17, 15) is 0 Å². The molecule has 0 heterocycles. The molecule has 18 valence electrons. The van der Waals surface area contributed by atoms with Crippen LogP contribution in [-0.2, 0) is 19.4 Å². The summed E-state index contributed by atoms with van der Waals surface area (Å²) in [5.41, 5.74) is 0. The van der Waals surface area contributed by atoms with Gasteiger partial charge in [-0.2, -0.15) is 0 Å². The van der Waals surface area contributed by atoms with E-state index < -0.39 is 0 Å². The van der Waals surface area contributed by atoms with Crippen molar-refractivity contribution in [3.05, 3.63) is 0 Å². The Hall–Kier alpha value is 3.93. The third-order valence-electron chi connectivity index (χ3n) is 0. The van der Waals surface area contributed by atoms with E-state index >= 15 is 0 Å². The molecule has 0 amide bonds. The number of hydrogen-bond acceptors (Lipinski definition) is 0. The molecule has 0 aliphatic heterocycles. The van der Waals surface area contributed by atoms with Gasteiger partial charge in [0.1, 0.15) is 0 Å². The summed E-state index contributed by atoms with van der Waals surface area (Å²) >= 11 is 6.16. The van der Waals surface area contributed by atoms with Crippen LogP contribution in [0.4, 0.5) is 0 Å². The van der Waals surface area contributed by atoms with Gasteiger partial charge < -0.3 is 1.43 Å². The minimum Gasteiger partial charge on any atom is -1.00 e. The van der Waals surface area contributed by atoms with Gasteiger partial charge in [-0.1, -0.05) is 0 Å². The summed E-state index contributed by atoms with van der Waals surface area (Å²) in [5, 5.41) is 0. The van der Waals surface area contributed by atoms with Crippen LogP contribution in [0.25, 0.3) is 0 Å². The summed E-state index contributed by atoms with van der Waals surface area (Å²) in [6.45, 7) is 0. The molecule has 0 aliphatic carbocycles. The number of halogens is 2. The van der Waals surface area contributed by atoms with E-state index in [0.29, 0.717) is 0 Å². The summed E-state index contributed by atoms with van der Waals surface area (Å²) in [5.74, 6) is 0. The first kappa shape index (κ1) is 10.8. The predicted octanol–water partition coefficient (Wildman–Crippen LogP) is -1.19. The van der Waals surface area contributed by atoms with Crippen LogP contribution in [0, 0.1) is 0 Å². The first-order valence-corrected chi connectivity index (χ1v) is 18.6. The minimum atomic E-state index is -0.385. The SMILES string of the molecule is [Br][Cd][Br].[Cs+].[H-]. The molecule has 0 bridgehead atoms. The van der Waals surface area contributed by atoms with Crippen LogP contribution < -0.4 is 68.9 Å². The second kappa shape index (κ2) is 10.0. The predicted molar refractivity (Wildman–Crippen MR) is 19.0 cm³/mol. The van der Waals surface area contributed by atoms with Crippen molar-refractivity contribution >= 4 is 24.0 Å². The van der Waals surface area contributed by atoms with E-state index in [0.717, 1.165) is 0 Å². The van der Waals surface area contributed by atoms with Gasteiger partial charge >= 0.3 is 112 Å². The molecule has 0 N–H and O–H groups in total. The van der Waals surface area contributed by atoms with Gasteiger partial charge in [-0.25, -0.2) is 0 Å². The van der Waals surface area contributed by atoms with Crippen LogP contribution in [0.1, 0.15) is 1.43 Å². The smallest absolute Gasteiger partial charge is 1.00 e. The van der Waals surface area contributed by atoms with Crippen molar-refractivity contribution in [3.8, 4) is 0 Å². The maximum absolute atomic E-state index is 3.27. The van der Waals surface area contributed by atoms with Crippen molar-refractivity contribution in [3.63, 3.8) is 0 Å². The van der Waals surface area contributed by atoms with Crippen LogP contribution in [0.5, 0.6) is 0 Å². The molecular weight excluding hydrogens is 405 g/mol. The van der Waals surface area contributed by atoms with E-state index in [2.05, 4.69) is 24.0 Å². The Bertz CT molecular complexity index is 9.61. The molecule has 0 aromatic heterocycles. The third-order valence-corrected chi connectivity index (χ3v) is 0. The Morgan fingerprint density at radius 1 is 1.50 bits per heavy atom. The average molecular weight is 406 g/mol. The fourth-order valence-corrected chi connectivity index (χ4v) is 0. The average Bonchev–Trinajstić information content (AvgIpc) is 0.918. The van der Waals surface area contributed by atoms with Gasteiger partial charge in [0.15, 0.2) is 0 Å². The van der Waals surface area contributed by atoms with Crippen molar-refractivity contribution in [2.45, 2.75) is 0 Å². The van der Waals surface area contributed by atoms with E-state index in [1.54, 1.807) is 0 Å². The van der Waals surface area contributed by atoms with Crippen molar-refractivity contribution in [1.29, 1.82) is 0 Å². The maximum Gasteiger partial charge on any atom is 1.00 e. The van der Waals surface area contributed by atoms with Gasteiger partial charge in [-0.15, -0.1) is 0 Å². The van der Waals surface area contributed by atoms with E-state index in [4.69, 9.17) is 0 Å². The molecule has 0 spiro atoms. The zero-order valence-corrected chi connectivity index (χ0v) is 16.0. The zero-order valence-electron chi connectivity index (χ0n) is 3.46. The van der Waals surface area contributed by atoms with Crippen LogP contribution in [0.2, 0.25) is 0 Å². The summed E-state index contributed by atoms with van der Waals surface area (Å²) in [7, 11) is 0. The molecule has 0 aliphatic rings. The molecule has 0 atom stereocenters. The molecule has 4 heteroatoms. The Balaban J connectivity index is -0.0000000200. The summed E-state index contributed by atoms with van der Waals surface area (Å²) in [6, 6.07) is 0. The molecule has 0 fully saturated rings.